The molecule has 15 heavy (non-hydrogen) atoms. The topological polar surface area (TPSA) is 90.7 Å². The Morgan fingerprint density at radius 1 is 1.40 bits per heavy atom. The zero-order chi connectivity index (χ0) is 10.8. The van der Waals surface area contributed by atoms with Gasteiger partial charge in [-0.25, -0.2) is 9.97 Å². The van der Waals surface area contributed by atoms with Crippen LogP contribution < -0.4 is 5.73 Å². The second-order valence-electron chi connectivity index (χ2n) is 3.23. The first-order valence-corrected chi connectivity index (χ1v) is 4.56. The molecule has 6 heteroatoms. The van der Waals surface area contributed by atoms with Gasteiger partial charge < -0.3 is 10.3 Å². The first-order valence-electron chi connectivity index (χ1n) is 4.56. The molecule has 78 valence electrons. The molecule has 0 radical (unpaired) electrons. The van der Waals surface area contributed by atoms with Crippen LogP contribution in [0.1, 0.15) is 24.7 Å². The lowest BCUT2D eigenvalue weighted by Crippen LogP contribution is -2.04. The fourth-order valence-corrected chi connectivity index (χ4v) is 1.10. The lowest BCUT2D eigenvalue weighted by Gasteiger charge is -1.94. The van der Waals surface area contributed by atoms with E-state index in [1.165, 1.54) is 0 Å². The van der Waals surface area contributed by atoms with Crippen molar-refractivity contribution in [2.24, 2.45) is 5.73 Å². The first kappa shape index (κ1) is 9.72. The lowest BCUT2D eigenvalue weighted by molar-refractivity contribution is 0.362. The second kappa shape index (κ2) is 3.74. The molecule has 0 fully saturated rings. The highest BCUT2D eigenvalue weighted by Crippen LogP contribution is 2.14. The SMILES string of the molecule is Cc1nccc(-c2noc([C@H](C)N)n2)n1. The summed E-state index contributed by atoms with van der Waals surface area (Å²) in [5.74, 6) is 1.51. The van der Waals surface area contributed by atoms with Crippen LogP contribution in [0.4, 0.5) is 0 Å². The van der Waals surface area contributed by atoms with E-state index in [-0.39, 0.29) is 6.04 Å². The third-order valence-electron chi connectivity index (χ3n) is 1.84. The Morgan fingerprint density at radius 3 is 2.80 bits per heavy atom. The number of hydrogen-bond acceptors (Lipinski definition) is 6. The molecule has 0 amide bonds. The van der Waals surface area contributed by atoms with E-state index < -0.39 is 0 Å². The largest absolute Gasteiger partial charge is 0.337 e. The monoisotopic (exact) mass is 205 g/mol. The summed E-state index contributed by atoms with van der Waals surface area (Å²) in [5, 5.41) is 3.79. The average Bonchev–Trinajstić information content (AvgIpc) is 2.66. The maximum atomic E-state index is 5.61. The normalized spacial score (nSPS) is 12.7. The fourth-order valence-electron chi connectivity index (χ4n) is 1.10. The summed E-state index contributed by atoms with van der Waals surface area (Å²) < 4.78 is 4.97. The zero-order valence-electron chi connectivity index (χ0n) is 8.51. The molecule has 0 aliphatic carbocycles. The predicted octanol–water partition coefficient (Wildman–Crippen LogP) is 0.855. The summed E-state index contributed by atoms with van der Waals surface area (Å²) in [6.07, 6.45) is 1.65. The van der Waals surface area contributed by atoms with Crippen molar-refractivity contribution in [2.45, 2.75) is 19.9 Å². The summed E-state index contributed by atoms with van der Waals surface area (Å²) in [6.45, 7) is 3.58. The maximum Gasteiger partial charge on any atom is 0.243 e. The molecule has 1 atom stereocenters. The van der Waals surface area contributed by atoms with Crippen LogP contribution >= 0.6 is 0 Å². The molecule has 2 rings (SSSR count). The van der Waals surface area contributed by atoms with Gasteiger partial charge in [0.25, 0.3) is 0 Å². The second-order valence-corrected chi connectivity index (χ2v) is 3.23. The van der Waals surface area contributed by atoms with Crippen LogP contribution in [0.15, 0.2) is 16.8 Å². The Labute approximate surface area is 86.5 Å². The van der Waals surface area contributed by atoms with Gasteiger partial charge in [0, 0.05) is 6.20 Å². The highest BCUT2D eigenvalue weighted by atomic mass is 16.5. The molecule has 0 saturated heterocycles. The quantitative estimate of drug-likeness (QED) is 0.781. The van der Waals surface area contributed by atoms with E-state index in [2.05, 4.69) is 20.1 Å². The Bertz CT molecular complexity index is 465. The minimum absolute atomic E-state index is 0.269. The molecular formula is C9H11N5O. The number of aryl methyl sites for hydroxylation is 1. The van der Waals surface area contributed by atoms with Crippen molar-refractivity contribution < 1.29 is 4.52 Å². The van der Waals surface area contributed by atoms with Gasteiger partial charge in [0.15, 0.2) is 0 Å². The van der Waals surface area contributed by atoms with Crippen molar-refractivity contribution >= 4 is 0 Å². The molecule has 0 spiro atoms. The third kappa shape index (κ3) is 1.99. The number of aromatic nitrogens is 4. The van der Waals surface area contributed by atoms with Crippen LogP contribution in [0.5, 0.6) is 0 Å². The van der Waals surface area contributed by atoms with Crippen LogP contribution in [0.2, 0.25) is 0 Å². The van der Waals surface area contributed by atoms with Gasteiger partial charge in [-0.15, -0.1) is 0 Å². The summed E-state index contributed by atoms with van der Waals surface area (Å²) in [5.41, 5.74) is 6.24. The smallest absolute Gasteiger partial charge is 0.243 e. The highest BCUT2D eigenvalue weighted by molar-refractivity contribution is 5.46. The number of nitrogens with two attached hydrogens (primary N) is 1. The van der Waals surface area contributed by atoms with E-state index in [4.69, 9.17) is 10.3 Å². The Hall–Kier alpha value is -1.82. The summed E-state index contributed by atoms with van der Waals surface area (Å²) in [6, 6.07) is 1.46. The van der Waals surface area contributed by atoms with E-state index in [0.29, 0.717) is 23.2 Å². The number of hydrogen-bond donors (Lipinski definition) is 1. The summed E-state index contributed by atoms with van der Waals surface area (Å²) in [7, 11) is 0. The standard InChI is InChI=1S/C9H11N5O/c1-5(10)9-13-8(14-15-9)7-3-4-11-6(2)12-7/h3-5H,10H2,1-2H3/t5-/m0/s1. The molecule has 2 N–H and O–H groups in total. The van der Waals surface area contributed by atoms with Crippen molar-refractivity contribution in [3.63, 3.8) is 0 Å². The fraction of sp³-hybridized carbons (Fsp3) is 0.333. The van der Waals surface area contributed by atoms with Crippen LogP contribution in [0.25, 0.3) is 11.5 Å². The molecule has 6 nitrogen and oxygen atoms in total. The van der Waals surface area contributed by atoms with E-state index >= 15 is 0 Å². The van der Waals surface area contributed by atoms with Crippen molar-refractivity contribution in [2.75, 3.05) is 0 Å². The van der Waals surface area contributed by atoms with Gasteiger partial charge in [0.05, 0.1) is 6.04 Å². The van der Waals surface area contributed by atoms with Crippen molar-refractivity contribution in [3.05, 3.63) is 24.0 Å². The van der Waals surface area contributed by atoms with Crippen LogP contribution in [-0.2, 0) is 0 Å². The molecule has 0 aliphatic heterocycles. The third-order valence-corrected chi connectivity index (χ3v) is 1.84. The minimum Gasteiger partial charge on any atom is -0.337 e. The van der Waals surface area contributed by atoms with Crippen LogP contribution in [-0.4, -0.2) is 20.1 Å². The molecule has 0 bridgehead atoms. The Kier molecular flexibility index (Phi) is 2.42. The highest BCUT2D eigenvalue weighted by Gasteiger charge is 2.12. The molecule has 2 aromatic heterocycles. The molecular weight excluding hydrogens is 194 g/mol. The number of nitrogens with zero attached hydrogens (tertiary/aromatic N) is 4. The zero-order valence-corrected chi connectivity index (χ0v) is 8.51. The van der Waals surface area contributed by atoms with Gasteiger partial charge in [-0.3, -0.25) is 0 Å². The molecule has 0 aliphatic rings. The first-order chi connectivity index (χ1) is 7.16. The van der Waals surface area contributed by atoms with Crippen molar-refractivity contribution in [1.82, 2.24) is 20.1 Å². The molecule has 2 heterocycles. The maximum absolute atomic E-state index is 5.61. The number of rotatable bonds is 2. The summed E-state index contributed by atoms with van der Waals surface area (Å²) in [4.78, 5) is 12.3. The van der Waals surface area contributed by atoms with Crippen molar-refractivity contribution in [3.8, 4) is 11.5 Å². The Morgan fingerprint density at radius 2 is 2.20 bits per heavy atom. The lowest BCUT2D eigenvalue weighted by atomic mass is 10.3. The van der Waals surface area contributed by atoms with Gasteiger partial charge in [0.1, 0.15) is 11.5 Å². The molecule has 2 aromatic rings. The average molecular weight is 205 g/mol. The van der Waals surface area contributed by atoms with Gasteiger partial charge in [-0.05, 0) is 19.9 Å². The Balaban J connectivity index is 2.37. The van der Waals surface area contributed by atoms with Gasteiger partial charge in [0.2, 0.25) is 11.7 Å². The van der Waals surface area contributed by atoms with E-state index in [9.17, 15) is 0 Å². The van der Waals surface area contributed by atoms with E-state index in [1.54, 1.807) is 26.1 Å². The molecule has 0 unspecified atom stereocenters. The summed E-state index contributed by atoms with van der Waals surface area (Å²) >= 11 is 0. The molecule has 0 aromatic carbocycles. The molecule has 0 saturated carbocycles. The van der Waals surface area contributed by atoms with Gasteiger partial charge in [-0.1, -0.05) is 5.16 Å². The van der Waals surface area contributed by atoms with Crippen LogP contribution in [0, 0.1) is 6.92 Å². The van der Waals surface area contributed by atoms with E-state index in [0.717, 1.165) is 0 Å². The van der Waals surface area contributed by atoms with Gasteiger partial charge >= 0.3 is 0 Å². The predicted molar refractivity (Wildman–Crippen MR) is 52.7 cm³/mol. The van der Waals surface area contributed by atoms with Crippen molar-refractivity contribution in [1.29, 1.82) is 0 Å². The van der Waals surface area contributed by atoms with Crippen LogP contribution in [0.3, 0.4) is 0 Å². The minimum atomic E-state index is -0.269. The van der Waals surface area contributed by atoms with E-state index in [1.807, 2.05) is 0 Å². The van der Waals surface area contributed by atoms with Gasteiger partial charge in [-0.2, -0.15) is 4.98 Å².